The topological polar surface area (TPSA) is 61.4 Å². The lowest BCUT2D eigenvalue weighted by Gasteiger charge is -2.19. The quantitative estimate of drug-likeness (QED) is 0.580. The molecule has 5 nitrogen and oxygen atoms in total. The number of nitrogens with one attached hydrogen (secondary N) is 2. The smallest absolute Gasteiger partial charge is 0.238 e. The van der Waals surface area contributed by atoms with Gasteiger partial charge in [0.2, 0.25) is 11.8 Å². The monoisotopic (exact) mass is 431 g/mol. The predicted molar refractivity (Wildman–Crippen MR) is 128 cm³/mol. The molecule has 0 heterocycles. The average molecular weight is 432 g/mol. The Morgan fingerprint density at radius 2 is 1.35 bits per heavy atom. The lowest BCUT2D eigenvalue weighted by Crippen LogP contribution is -2.37. The largest absolute Gasteiger partial charge is 0.349 e. The van der Waals surface area contributed by atoms with Crippen molar-refractivity contribution < 1.29 is 9.59 Å². The van der Waals surface area contributed by atoms with E-state index in [-0.39, 0.29) is 16.9 Å². The first-order valence-electron chi connectivity index (χ1n) is 9.95. The van der Waals surface area contributed by atoms with E-state index in [1.54, 1.807) is 19.0 Å². The van der Waals surface area contributed by atoms with Crippen LogP contribution in [0.3, 0.4) is 0 Å². The summed E-state index contributed by atoms with van der Waals surface area (Å²) in [7, 11) is 3.47. The molecule has 3 aromatic carbocycles. The highest BCUT2D eigenvalue weighted by molar-refractivity contribution is 7.80. The van der Waals surface area contributed by atoms with Crippen molar-refractivity contribution in [1.82, 2.24) is 10.2 Å². The van der Waals surface area contributed by atoms with Crippen LogP contribution in [0.1, 0.15) is 22.6 Å². The van der Waals surface area contributed by atoms with Gasteiger partial charge >= 0.3 is 0 Å². The van der Waals surface area contributed by atoms with E-state index in [1.165, 1.54) is 0 Å². The molecule has 6 heteroatoms. The van der Waals surface area contributed by atoms with Crippen LogP contribution in [-0.4, -0.2) is 35.9 Å². The zero-order chi connectivity index (χ0) is 22.2. The van der Waals surface area contributed by atoms with E-state index in [0.717, 1.165) is 22.4 Å². The molecule has 0 bridgehead atoms. The molecule has 0 aliphatic rings. The Balaban J connectivity index is 1.67. The van der Waals surface area contributed by atoms with E-state index in [1.807, 2.05) is 84.9 Å². The highest BCUT2D eigenvalue weighted by atomic mass is 32.1. The SMILES string of the molecule is CN(C)C(=O)Cc1ccc(NC(=S)NC(=O)C(c2ccccc2)c2ccccc2)cc1. The number of hydrogen-bond acceptors (Lipinski definition) is 3. The molecule has 0 spiro atoms. The maximum atomic E-state index is 13.1. The van der Waals surface area contributed by atoms with Crippen molar-refractivity contribution in [3.63, 3.8) is 0 Å². The Kier molecular flexibility index (Phi) is 7.51. The second kappa shape index (κ2) is 10.5. The number of anilines is 1. The Hall–Kier alpha value is -3.51. The molecule has 2 N–H and O–H groups in total. The predicted octanol–water partition coefficient (Wildman–Crippen LogP) is 3.96. The summed E-state index contributed by atoms with van der Waals surface area (Å²) in [5, 5.41) is 6.07. The van der Waals surface area contributed by atoms with Gasteiger partial charge in [-0.15, -0.1) is 0 Å². The lowest BCUT2D eigenvalue weighted by atomic mass is 9.90. The molecule has 0 aromatic heterocycles. The minimum absolute atomic E-state index is 0.0383. The summed E-state index contributed by atoms with van der Waals surface area (Å²) in [4.78, 5) is 26.5. The van der Waals surface area contributed by atoms with E-state index in [2.05, 4.69) is 10.6 Å². The Morgan fingerprint density at radius 1 is 0.839 bits per heavy atom. The van der Waals surface area contributed by atoms with Gasteiger partial charge in [0, 0.05) is 19.8 Å². The Labute approximate surface area is 188 Å². The van der Waals surface area contributed by atoms with Gasteiger partial charge in [0.05, 0.1) is 12.3 Å². The molecular weight excluding hydrogens is 406 g/mol. The highest BCUT2D eigenvalue weighted by Crippen LogP contribution is 2.24. The summed E-state index contributed by atoms with van der Waals surface area (Å²) in [6.07, 6.45) is 0.338. The fourth-order valence-electron chi connectivity index (χ4n) is 3.17. The second-order valence-electron chi connectivity index (χ2n) is 7.36. The van der Waals surface area contributed by atoms with Gasteiger partial charge in [0.1, 0.15) is 0 Å². The fraction of sp³-hybridized carbons (Fsp3) is 0.160. The molecule has 0 saturated carbocycles. The lowest BCUT2D eigenvalue weighted by molar-refractivity contribution is -0.128. The maximum absolute atomic E-state index is 13.1. The number of carbonyl (C=O) groups is 2. The Morgan fingerprint density at radius 3 is 1.84 bits per heavy atom. The molecule has 2 amide bonds. The van der Waals surface area contributed by atoms with Crippen molar-refractivity contribution in [3.8, 4) is 0 Å². The first-order chi connectivity index (χ1) is 14.9. The van der Waals surface area contributed by atoms with Gasteiger partial charge in [-0.3, -0.25) is 9.59 Å². The third kappa shape index (κ3) is 6.23. The molecule has 31 heavy (non-hydrogen) atoms. The van der Waals surface area contributed by atoms with Crippen LogP contribution >= 0.6 is 12.2 Å². The number of rotatable bonds is 6. The molecule has 0 aliphatic carbocycles. The minimum atomic E-state index is -0.471. The van der Waals surface area contributed by atoms with Crippen molar-refractivity contribution in [2.24, 2.45) is 0 Å². The van der Waals surface area contributed by atoms with Gasteiger partial charge in [-0.05, 0) is 41.0 Å². The second-order valence-corrected chi connectivity index (χ2v) is 7.77. The molecule has 3 rings (SSSR count). The van der Waals surface area contributed by atoms with E-state index in [0.29, 0.717) is 6.42 Å². The third-order valence-corrected chi connectivity index (χ3v) is 5.03. The van der Waals surface area contributed by atoms with Gasteiger partial charge in [0.15, 0.2) is 5.11 Å². The van der Waals surface area contributed by atoms with Gasteiger partial charge < -0.3 is 15.5 Å². The summed E-state index contributed by atoms with van der Waals surface area (Å²) in [6, 6.07) is 26.6. The van der Waals surface area contributed by atoms with Crippen LogP contribution in [0, 0.1) is 0 Å². The van der Waals surface area contributed by atoms with Crippen LogP contribution in [0.2, 0.25) is 0 Å². The van der Waals surface area contributed by atoms with Gasteiger partial charge in [-0.1, -0.05) is 72.8 Å². The number of carbonyl (C=O) groups excluding carboxylic acids is 2. The molecule has 158 valence electrons. The maximum Gasteiger partial charge on any atom is 0.238 e. The fourth-order valence-corrected chi connectivity index (χ4v) is 3.39. The summed E-state index contributed by atoms with van der Waals surface area (Å²) >= 11 is 5.36. The number of benzene rings is 3. The number of likely N-dealkylation sites (N-methyl/N-ethyl adjacent to an activating group) is 1. The first kappa shape index (κ1) is 22.2. The van der Waals surface area contributed by atoms with Crippen LogP contribution in [0.4, 0.5) is 5.69 Å². The van der Waals surface area contributed by atoms with Crippen LogP contribution < -0.4 is 10.6 Å². The van der Waals surface area contributed by atoms with E-state index >= 15 is 0 Å². The number of thiocarbonyl (C=S) groups is 1. The molecule has 0 saturated heterocycles. The summed E-state index contributed by atoms with van der Waals surface area (Å²) in [5.41, 5.74) is 3.43. The summed E-state index contributed by atoms with van der Waals surface area (Å²) in [6.45, 7) is 0. The standard InChI is InChI=1S/C25H25N3O2S/c1-28(2)22(29)17-18-13-15-21(16-14-18)26-25(31)27-24(30)23(19-9-5-3-6-10-19)20-11-7-4-8-12-20/h3-16,23H,17H2,1-2H3,(H2,26,27,30,31). The molecule has 3 aromatic rings. The van der Waals surface area contributed by atoms with Gasteiger partial charge in [0.25, 0.3) is 0 Å². The zero-order valence-corrected chi connectivity index (χ0v) is 18.4. The van der Waals surface area contributed by atoms with Crippen molar-refractivity contribution in [1.29, 1.82) is 0 Å². The first-order valence-corrected chi connectivity index (χ1v) is 10.4. The van der Waals surface area contributed by atoms with Crippen molar-refractivity contribution >= 4 is 34.8 Å². The van der Waals surface area contributed by atoms with Crippen molar-refractivity contribution in [2.45, 2.75) is 12.3 Å². The summed E-state index contributed by atoms with van der Waals surface area (Å²) in [5.74, 6) is -0.638. The van der Waals surface area contributed by atoms with Crippen LogP contribution in [0.15, 0.2) is 84.9 Å². The van der Waals surface area contributed by atoms with E-state index in [9.17, 15) is 9.59 Å². The van der Waals surface area contributed by atoms with Crippen molar-refractivity contribution in [2.75, 3.05) is 19.4 Å². The van der Waals surface area contributed by atoms with Gasteiger partial charge in [-0.2, -0.15) is 0 Å². The molecule has 0 aliphatic heterocycles. The number of amides is 2. The Bertz CT molecular complexity index is 996. The average Bonchev–Trinajstić information content (AvgIpc) is 2.76. The summed E-state index contributed by atoms with van der Waals surface area (Å²) < 4.78 is 0. The van der Waals surface area contributed by atoms with Crippen LogP contribution in [0.5, 0.6) is 0 Å². The third-order valence-electron chi connectivity index (χ3n) is 4.83. The van der Waals surface area contributed by atoms with Crippen LogP contribution in [0.25, 0.3) is 0 Å². The van der Waals surface area contributed by atoms with Gasteiger partial charge in [-0.25, -0.2) is 0 Å². The molecular formula is C25H25N3O2S. The molecule has 0 fully saturated rings. The highest BCUT2D eigenvalue weighted by Gasteiger charge is 2.23. The number of nitrogens with zero attached hydrogens (tertiary/aromatic N) is 1. The van der Waals surface area contributed by atoms with Crippen molar-refractivity contribution in [3.05, 3.63) is 102 Å². The van der Waals surface area contributed by atoms with Crippen LogP contribution in [-0.2, 0) is 16.0 Å². The van der Waals surface area contributed by atoms with E-state index < -0.39 is 5.92 Å². The molecule has 0 atom stereocenters. The zero-order valence-electron chi connectivity index (χ0n) is 17.5. The number of hydrogen-bond donors (Lipinski definition) is 2. The molecule has 0 radical (unpaired) electrons. The molecule has 0 unspecified atom stereocenters. The minimum Gasteiger partial charge on any atom is -0.349 e. The normalized spacial score (nSPS) is 10.4. The van der Waals surface area contributed by atoms with E-state index in [4.69, 9.17) is 12.2 Å².